The number of nitrogens with two attached hydrogens (primary N) is 1. The van der Waals surface area contributed by atoms with Gasteiger partial charge in [-0.2, -0.15) is 5.10 Å². The molecule has 0 unspecified atom stereocenters. The van der Waals surface area contributed by atoms with Gasteiger partial charge in [0.2, 0.25) is 10.0 Å². The fourth-order valence-corrected chi connectivity index (χ4v) is 3.42. The minimum atomic E-state index is -3.81. The number of primary sulfonamides is 1. The first kappa shape index (κ1) is 22.7. The smallest absolute Gasteiger partial charge is 0.294 e. The van der Waals surface area contributed by atoms with Crippen LogP contribution >= 0.6 is 11.6 Å². The molecule has 0 bridgehead atoms. The van der Waals surface area contributed by atoms with Crippen LogP contribution in [0.1, 0.15) is 12.1 Å². The zero-order valence-electron chi connectivity index (χ0n) is 16.2. The van der Waals surface area contributed by atoms with Gasteiger partial charge in [-0.3, -0.25) is 0 Å². The molecule has 0 aliphatic heterocycles. The maximum absolute atomic E-state index is 11.5. The molecule has 12 heteroatoms. The number of nitrogens with zero attached hydrogens (tertiary/aromatic N) is 3. The molecule has 0 saturated carbocycles. The van der Waals surface area contributed by atoms with Crippen molar-refractivity contribution in [1.82, 2.24) is 9.78 Å². The van der Waals surface area contributed by atoms with Gasteiger partial charge >= 0.3 is 0 Å². The molecule has 0 spiro atoms. The maximum Gasteiger partial charge on any atom is 0.294 e. The van der Waals surface area contributed by atoms with E-state index >= 15 is 0 Å². The van der Waals surface area contributed by atoms with Crippen LogP contribution in [0.2, 0.25) is 5.02 Å². The van der Waals surface area contributed by atoms with Crippen molar-refractivity contribution in [2.24, 2.45) is 5.14 Å². The van der Waals surface area contributed by atoms with Gasteiger partial charge in [-0.1, -0.05) is 23.7 Å². The monoisotopic (exact) mass is 466 g/mol. The number of ether oxygens (including phenoxy) is 1. The van der Waals surface area contributed by atoms with Crippen LogP contribution in [0.5, 0.6) is 0 Å². The van der Waals surface area contributed by atoms with Gasteiger partial charge in [-0.05, 0) is 48.9 Å². The normalized spacial score (nSPS) is 11.4. The Morgan fingerprint density at radius 1 is 1.10 bits per heavy atom. The Bertz CT molecular complexity index is 1150. The molecule has 2 N–H and O–H groups in total. The van der Waals surface area contributed by atoms with Crippen molar-refractivity contribution in [3.8, 4) is 16.9 Å². The Labute approximate surface area is 183 Å². The topological polar surface area (TPSA) is 140 Å². The summed E-state index contributed by atoms with van der Waals surface area (Å²) in [5, 5.41) is 19.6. The van der Waals surface area contributed by atoms with Gasteiger partial charge < -0.3 is 9.57 Å². The second-order valence-electron chi connectivity index (χ2n) is 6.44. The number of hydrogen-bond acceptors (Lipinski definition) is 7. The van der Waals surface area contributed by atoms with Gasteiger partial charge in [0.05, 0.1) is 35.2 Å². The summed E-state index contributed by atoms with van der Waals surface area (Å²) < 4.78 is 30.2. The molecule has 3 aromatic rings. The van der Waals surface area contributed by atoms with E-state index in [1.807, 2.05) is 18.2 Å². The van der Waals surface area contributed by atoms with Crippen LogP contribution in [0.3, 0.4) is 0 Å². The Morgan fingerprint density at radius 3 is 2.39 bits per heavy atom. The summed E-state index contributed by atoms with van der Waals surface area (Å²) in [6, 6.07) is 15.0. The van der Waals surface area contributed by atoms with Crippen molar-refractivity contribution in [2.75, 3.05) is 13.2 Å². The standard InChI is InChI=1S/C19H19ClN4O6S/c20-15-4-2-14(3-5-15)19-12-16(13-29-10-1-11-30-24(25)26)22-23(19)17-6-8-18(9-7-17)31(21,27)28/h2-9,12H,1,10-11,13H2,(H2,21,27,28). The molecule has 10 nitrogen and oxygen atoms in total. The van der Waals surface area contributed by atoms with Gasteiger partial charge in [0, 0.05) is 17.2 Å². The summed E-state index contributed by atoms with van der Waals surface area (Å²) >= 11 is 5.99. The lowest BCUT2D eigenvalue weighted by Gasteiger charge is -2.08. The van der Waals surface area contributed by atoms with E-state index in [1.54, 1.807) is 28.9 Å². The molecule has 164 valence electrons. The van der Waals surface area contributed by atoms with E-state index in [1.165, 1.54) is 12.1 Å². The second kappa shape index (κ2) is 9.88. The van der Waals surface area contributed by atoms with Crippen LogP contribution in [0, 0.1) is 10.1 Å². The highest BCUT2D eigenvalue weighted by atomic mass is 35.5. The van der Waals surface area contributed by atoms with Crippen molar-refractivity contribution in [3.05, 3.63) is 75.4 Å². The van der Waals surface area contributed by atoms with Gasteiger partial charge in [-0.25, -0.2) is 18.2 Å². The minimum absolute atomic E-state index is 0.00283. The quantitative estimate of drug-likeness (QED) is 0.275. The Hall–Kier alpha value is -2.99. The highest BCUT2D eigenvalue weighted by molar-refractivity contribution is 7.89. The molecule has 2 aromatic carbocycles. The van der Waals surface area contributed by atoms with Crippen molar-refractivity contribution >= 4 is 21.6 Å². The lowest BCUT2D eigenvalue weighted by atomic mass is 10.1. The third-order valence-corrected chi connectivity index (χ3v) is 5.37. The predicted octanol–water partition coefficient (Wildman–Crippen LogP) is 2.96. The van der Waals surface area contributed by atoms with Crippen molar-refractivity contribution in [3.63, 3.8) is 0 Å². The van der Waals surface area contributed by atoms with E-state index in [4.69, 9.17) is 21.5 Å². The van der Waals surface area contributed by atoms with Crippen LogP contribution in [0.15, 0.2) is 59.5 Å². The van der Waals surface area contributed by atoms with Crippen LogP contribution in [-0.2, 0) is 26.2 Å². The molecule has 3 rings (SSSR count). The summed E-state index contributed by atoms with van der Waals surface area (Å²) in [6.07, 6.45) is 0.362. The molecule has 0 aliphatic carbocycles. The molecule has 31 heavy (non-hydrogen) atoms. The zero-order valence-corrected chi connectivity index (χ0v) is 17.8. The van der Waals surface area contributed by atoms with Crippen molar-refractivity contribution < 1.29 is 23.1 Å². The third-order valence-electron chi connectivity index (χ3n) is 4.19. The molecule has 0 atom stereocenters. The van der Waals surface area contributed by atoms with Crippen LogP contribution in [0.25, 0.3) is 16.9 Å². The van der Waals surface area contributed by atoms with Crippen LogP contribution in [0.4, 0.5) is 0 Å². The van der Waals surface area contributed by atoms with E-state index in [2.05, 4.69) is 9.94 Å². The van der Waals surface area contributed by atoms with E-state index in [0.29, 0.717) is 22.8 Å². The highest BCUT2D eigenvalue weighted by Crippen LogP contribution is 2.26. The first-order valence-electron chi connectivity index (χ1n) is 9.07. The van der Waals surface area contributed by atoms with Gasteiger partial charge in [0.15, 0.2) is 0 Å². The summed E-state index contributed by atoms with van der Waals surface area (Å²) in [7, 11) is -3.81. The molecular weight excluding hydrogens is 448 g/mol. The lowest BCUT2D eigenvalue weighted by Crippen LogP contribution is -2.12. The number of aromatic nitrogens is 2. The molecule has 0 aliphatic rings. The molecule has 0 amide bonds. The first-order valence-corrected chi connectivity index (χ1v) is 11.0. The van der Waals surface area contributed by atoms with Crippen LogP contribution in [-0.4, -0.2) is 36.5 Å². The largest absolute Gasteiger partial charge is 0.375 e. The Morgan fingerprint density at radius 2 is 1.77 bits per heavy atom. The van der Waals surface area contributed by atoms with Crippen molar-refractivity contribution in [1.29, 1.82) is 0 Å². The summed E-state index contributed by atoms with van der Waals surface area (Å²) in [6.45, 7) is 0.398. The first-order chi connectivity index (χ1) is 14.7. The molecule has 0 radical (unpaired) electrons. The van der Waals surface area contributed by atoms with E-state index in [-0.39, 0.29) is 24.7 Å². The Kier molecular flexibility index (Phi) is 7.23. The predicted molar refractivity (Wildman–Crippen MR) is 113 cm³/mol. The van der Waals surface area contributed by atoms with Gasteiger partial charge in [-0.15, -0.1) is 10.1 Å². The molecule has 0 fully saturated rings. The molecular formula is C19H19ClN4O6S. The van der Waals surface area contributed by atoms with Crippen molar-refractivity contribution in [2.45, 2.75) is 17.9 Å². The maximum atomic E-state index is 11.5. The highest BCUT2D eigenvalue weighted by Gasteiger charge is 2.14. The number of rotatable bonds is 10. The van der Waals surface area contributed by atoms with E-state index in [9.17, 15) is 18.5 Å². The molecule has 1 aromatic heterocycles. The van der Waals surface area contributed by atoms with E-state index < -0.39 is 15.1 Å². The van der Waals surface area contributed by atoms with E-state index in [0.717, 1.165) is 11.3 Å². The Balaban J connectivity index is 1.83. The van der Waals surface area contributed by atoms with Crippen LogP contribution < -0.4 is 5.14 Å². The molecule has 1 heterocycles. The molecule has 0 saturated heterocycles. The summed E-state index contributed by atoms with van der Waals surface area (Å²) in [5.74, 6) is 0. The summed E-state index contributed by atoms with van der Waals surface area (Å²) in [5.41, 5.74) is 2.84. The van der Waals surface area contributed by atoms with Gasteiger partial charge in [0.1, 0.15) is 0 Å². The van der Waals surface area contributed by atoms with Gasteiger partial charge in [0.25, 0.3) is 5.09 Å². The SMILES string of the molecule is NS(=O)(=O)c1ccc(-n2nc(COCCCO[N+](=O)[O-])cc2-c2ccc(Cl)cc2)cc1. The number of hydrogen-bond donors (Lipinski definition) is 1. The minimum Gasteiger partial charge on any atom is -0.375 e. The second-order valence-corrected chi connectivity index (χ2v) is 8.44. The third kappa shape index (κ3) is 6.25. The lowest BCUT2D eigenvalue weighted by molar-refractivity contribution is -0.757. The fourth-order valence-electron chi connectivity index (χ4n) is 2.78. The average Bonchev–Trinajstić information content (AvgIpc) is 3.14. The summed E-state index contributed by atoms with van der Waals surface area (Å²) in [4.78, 5) is 14.4. The fraction of sp³-hybridized carbons (Fsp3) is 0.211. The number of sulfonamides is 1. The number of halogens is 1. The average molecular weight is 467 g/mol. The number of benzene rings is 2. The zero-order chi connectivity index (χ0) is 22.4.